The standard InChI is InChI=1S/C22H20/c1-3-17(2)20-15-10-16-21(20)22(18-11-6-4-7-12-18)19-13-8-5-9-14-19/h3-17H,1H2,2H3. The molecule has 0 heterocycles. The van der Waals surface area contributed by atoms with E-state index in [0.29, 0.717) is 5.92 Å². The van der Waals surface area contributed by atoms with Crippen molar-refractivity contribution in [2.75, 3.05) is 0 Å². The molecule has 0 nitrogen and oxygen atoms in total. The van der Waals surface area contributed by atoms with Crippen LogP contribution in [-0.2, 0) is 0 Å². The third-order valence-corrected chi connectivity index (χ3v) is 4.09. The van der Waals surface area contributed by atoms with Crippen LogP contribution in [0.1, 0.15) is 18.1 Å². The van der Waals surface area contributed by atoms with Crippen LogP contribution in [0.3, 0.4) is 0 Å². The summed E-state index contributed by atoms with van der Waals surface area (Å²) in [6, 6.07) is 21.2. The second-order valence-electron chi connectivity index (χ2n) is 5.53. The molecule has 108 valence electrons. The highest BCUT2D eigenvalue weighted by atomic mass is 14.2. The molecule has 0 bridgehead atoms. The summed E-state index contributed by atoms with van der Waals surface area (Å²) in [6.45, 7) is 6.15. The topological polar surface area (TPSA) is 0 Å². The Balaban J connectivity index is 2.23. The fraction of sp³-hybridized carbons (Fsp3) is 0.0909. The molecule has 0 spiro atoms. The lowest BCUT2D eigenvalue weighted by Gasteiger charge is -2.17. The predicted octanol–water partition coefficient (Wildman–Crippen LogP) is 5.81. The van der Waals surface area contributed by atoms with E-state index in [4.69, 9.17) is 0 Å². The van der Waals surface area contributed by atoms with Crippen LogP contribution in [-0.4, -0.2) is 0 Å². The van der Waals surface area contributed by atoms with E-state index in [1.54, 1.807) is 0 Å². The van der Waals surface area contributed by atoms with E-state index in [9.17, 15) is 0 Å². The van der Waals surface area contributed by atoms with Crippen molar-refractivity contribution in [1.29, 1.82) is 0 Å². The maximum absolute atomic E-state index is 3.95. The van der Waals surface area contributed by atoms with Gasteiger partial charge >= 0.3 is 0 Å². The second kappa shape index (κ2) is 6.44. The van der Waals surface area contributed by atoms with Gasteiger partial charge < -0.3 is 0 Å². The van der Waals surface area contributed by atoms with Crippen LogP contribution < -0.4 is 0 Å². The fourth-order valence-electron chi connectivity index (χ4n) is 2.87. The molecule has 0 aliphatic heterocycles. The normalized spacial score (nSPS) is 14.6. The summed E-state index contributed by atoms with van der Waals surface area (Å²) < 4.78 is 0. The maximum Gasteiger partial charge on any atom is -0.000696 e. The SMILES string of the molecule is C=CC(C)C1=CC=CC1=C(c1ccccc1)c1ccccc1. The van der Waals surface area contributed by atoms with E-state index in [1.165, 1.54) is 27.8 Å². The van der Waals surface area contributed by atoms with Crippen LogP contribution in [0.25, 0.3) is 5.57 Å². The summed E-state index contributed by atoms with van der Waals surface area (Å²) in [5.41, 5.74) is 6.41. The first-order valence-corrected chi connectivity index (χ1v) is 7.67. The van der Waals surface area contributed by atoms with Gasteiger partial charge in [-0.2, -0.15) is 0 Å². The van der Waals surface area contributed by atoms with Gasteiger partial charge in [0, 0.05) is 0 Å². The quantitative estimate of drug-likeness (QED) is 0.622. The Morgan fingerprint density at radius 1 is 0.909 bits per heavy atom. The molecule has 0 saturated carbocycles. The summed E-state index contributed by atoms with van der Waals surface area (Å²) in [5.74, 6) is 0.340. The molecule has 2 aromatic carbocycles. The van der Waals surface area contributed by atoms with Crippen molar-refractivity contribution >= 4 is 5.57 Å². The summed E-state index contributed by atoms with van der Waals surface area (Å²) in [4.78, 5) is 0. The Bertz CT molecular complexity index is 702. The molecule has 0 amide bonds. The Morgan fingerprint density at radius 3 is 1.95 bits per heavy atom. The van der Waals surface area contributed by atoms with Crippen molar-refractivity contribution in [1.82, 2.24) is 0 Å². The summed E-state index contributed by atoms with van der Waals surface area (Å²) in [7, 11) is 0. The number of allylic oxidation sites excluding steroid dienone is 6. The molecule has 0 radical (unpaired) electrons. The highest BCUT2D eigenvalue weighted by Crippen LogP contribution is 2.36. The summed E-state index contributed by atoms with van der Waals surface area (Å²) >= 11 is 0. The zero-order valence-electron chi connectivity index (χ0n) is 12.9. The van der Waals surface area contributed by atoms with Crippen LogP contribution in [0.15, 0.2) is 103 Å². The van der Waals surface area contributed by atoms with Gasteiger partial charge in [0.15, 0.2) is 0 Å². The van der Waals surface area contributed by atoms with Crippen LogP contribution in [0.2, 0.25) is 0 Å². The fourth-order valence-corrected chi connectivity index (χ4v) is 2.87. The van der Waals surface area contributed by atoms with E-state index in [2.05, 4.69) is 92.4 Å². The molecule has 1 unspecified atom stereocenters. The van der Waals surface area contributed by atoms with Crippen molar-refractivity contribution in [3.8, 4) is 0 Å². The lowest BCUT2D eigenvalue weighted by atomic mass is 9.87. The van der Waals surface area contributed by atoms with Crippen LogP contribution in [0, 0.1) is 5.92 Å². The van der Waals surface area contributed by atoms with E-state index in [1.807, 2.05) is 6.08 Å². The lowest BCUT2D eigenvalue weighted by Crippen LogP contribution is -2.00. The lowest BCUT2D eigenvalue weighted by molar-refractivity contribution is 0.888. The average Bonchev–Trinajstić information content (AvgIpc) is 3.06. The monoisotopic (exact) mass is 284 g/mol. The molecule has 3 rings (SSSR count). The third kappa shape index (κ3) is 2.73. The first kappa shape index (κ1) is 14.3. The van der Waals surface area contributed by atoms with E-state index >= 15 is 0 Å². The smallest absolute Gasteiger partial charge is 0.000696 e. The third-order valence-electron chi connectivity index (χ3n) is 4.09. The van der Waals surface area contributed by atoms with Crippen molar-refractivity contribution < 1.29 is 0 Å². The molecule has 1 atom stereocenters. The highest BCUT2D eigenvalue weighted by molar-refractivity contribution is 5.87. The molecular weight excluding hydrogens is 264 g/mol. The van der Waals surface area contributed by atoms with Gasteiger partial charge in [-0.25, -0.2) is 0 Å². The molecule has 0 fully saturated rings. The van der Waals surface area contributed by atoms with Crippen molar-refractivity contribution in [3.63, 3.8) is 0 Å². The predicted molar refractivity (Wildman–Crippen MR) is 95.5 cm³/mol. The Hall–Kier alpha value is -2.60. The van der Waals surface area contributed by atoms with Gasteiger partial charge in [0.05, 0.1) is 0 Å². The van der Waals surface area contributed by atoms with Crippen molar-refractivity contribution in [2.45, 2.75) is 6.92 Å². The molecule has 0 heteroatoms. The molecule has 0 N–H and O–H groups in total. The van der Waals surface area contributed by atoms with E-state index in [-0.39, 0.29) is 0 Å². The Kier molecular flexibility index (Phi) is 4.20. The Labute approximate surface area is 132 Å². The Morgan fingerprint density at radius 2 is 1.45 bits per heavy atom. The maximum atomic E-state index is 3.95. The largest absolute Gasteiger partial charge is 0.102 e. The minimum atomic E-state index is 0.340. The molecule has 1 aliphatic rings. The average molecular weight is 284 g/mol. The molecule has 0 saturated heterocycles. The minimum absolute atomic E-state index is 0.340. The second-order valence-corrected chi connectivity index (χ2v) is 5.53. The van der Waals surface area contributed by atoms with Crippen LogP contribution >= 0.6 is 0 Å². The van der Waals surface area contributed by atoms with Gasteiger partial charge in [-0.1, -0.05) is 91.9 Å². The first-order chi connectivity index (χ1) is 10.8. The van der Waals surface area contributed by atoms with Gasteiger partial charge in [0.1, 0.15) is 0 Å². The minimum Gasteiger partial charge on any atom is -0.102 e. The molecule has 0 aromatic heterocycles. The van der Waals surface area contributed by atoms with Gasteiger partial charge in [0.25, 0.3) is 0 Å². The summed E-state index contributed by atoms with van der Waals surface area (Å²) in [5, 5.41) is 0. The van der Waals surface area contributed by atoms with Gasteiger partial charge in [-0.3, -0.25) is 0 Å². The zero-order chi connectivity index (χ0) is 15.4. The summed E-state index contributed by atoms with van der Waals surface area (Å²) in [6.07, 6.45) is 8.56. The number of hydrogen-bond acceptors (Lipinski definition) is 0. The molecule has 22 heavy (non-hydrogen) atoms. The highest BCUT2D eigenvalue weighted by Gasteiger charge is 2.18. The number of benzene rings is 2. The van der Waals surface area contributed by atoms with Crippen molar-refractivity contribution in [3.05, 3.63) is 114 Å². The number of hydrogen-bond donors (Lipinski definition) is 0. The van der Waals surface area contributed by atoms with Crippen molar-refractivity contribution in [2.24, 2.45) is 5.92 Å². The molecule has 2 aromatic rings. The first-order valence-electron chi connectivity index (χ1n) is 7.67. The molecular formula is C22H20. The van der Waals surface area contributed by atoms with Crippen LogP contribution in [0.4, 0.5) is 0 Å². The zero-order valence-corrected chi connectivity index (χ0v) is 12.9. The number of rotatable bonds is 4. The van der Waals surface area contributed by atoms with E-state index in [0.717, 1.165) is 0 Å². The van der Waals surface area contributed by atoms with E-state index < -0.39 is 0 Å². The van der Waals surface area contributed by atoms with Gasteiger partial charge in [-0.15, -0.1) is 6.58 Å². The van der Waals surface area contributed by atoms with Gasteiger partial charge in [-0.05, 0) is 33.8 Å². The van der Waals surface area contributed by atoms with Gasteiger partial charge in [0.2, 0.25) is 0 Å². The van der Waals surface area contributed by atoms with Crippen LogP contribution in [0.5, 0.6) is 0 Å². The molecule has 1 aliphatic carbocycles.